The number of aryl methyl sites for hydroxylation is 3. The summed E-state index contributed by atoms with van der Waals surface area (Å²) in [6.45, 7) is 8.21. The van der Waals surface area contributed by atoms with Crippen LogP contribution in [0.1, 0.15) is 41.4 Å². The van der Waals surface area contributed by atoms with Gasteiger partial charge in [0.2, 0.25) is 0 Å². The van der Waals surface area contributed by atoms with Crippen LogP contribution in [0.2, 0.25) is 0 Å². The summed E-state index contributed by atoms with van der Waals surface area (Å²) in [6.07, 6.45) is 2.15. The number of piperidine rings is 1. The van der Waals surface area contributed by atoms with Crippen LogP contribution in [-0.4, -0.2) is 32.8 Å². The number of nitrogens with zero attached hydrogens (tertiary/aromatic N) is 4. The molecule has 0 atom stereocenters. The number of nitrogens with one attached hydrogen (secondary N) is 1. The molecule has 3 heterocycles. The van der Waals surface area contributed by atoms with Crippen LogP contribution in [-0.2, 0) is 0 Å². The van der Waals surface area contributed by atoms with E-state index in [0.29, 0.717) is 11.9 Å². The lowest BCUT2D eigenvalue weighted by Gasteiger charge is -2.33. The normalized spacial score (nSPS) is 15.6. The number of H-pyrrole nitrogens is 1. The number of imidazole rings is 1. The Labute approximate surface area is 154 Å². The zero-order chi connectivity index (χ0) is 18.3. The van der Waals surface area contributed by atoms with Gasteiger partial charge in [0.1, 0.15) is 5.82 Å². The molecule has 136 valence electrons. The predicted molar refractivity (Wildman–Crippen MR) is 105 cm³/mol. The molecule has 0 aliphatic carbocycles. The van der Waals surface area contributed by atoms with Gasteiger partial charge < -0.3 is 15.6 Å². The van der Waals surface area contributed by atoms with Gasteiger partial charge in [-0.3, -0.25) is 0 Å². The fourth-order valence-corrected chi connectivity index (χ4v) is 3.94. The van der Waals surface area contributed by atoms with Gasteiger partial charge >= 0.3 is 0 Å². The van der Waals surface area contributed by atoms with Gasteiger partial charge in [0.05, 0.1) is 17.1 Å². The standard InChI is InChI=1S/C20H26N6/c1-13-5-4-6-17(11-13)26-18(12-14(2)24-26)25-9-7-16(8-10-25)19-15(3)22-20(21)23-19/h4-6,11-12,16H,7-10H2,1-3H3,(H3,21,22,23). The third kappa shape index (κ3) is 3.07. The van der Waals surface area contributed by atoms with Crippen molar-refractivity contribution in [1.82, 2.24) is 19.7 Å². The first kappa shape index (κ1) is 16.7. The van der Waals surface area contributed by atoms with Crippen molar-refractivity contribution in [3.8, 4) is 5.69 Å². The molecule has 0 saturated carbocycles. The minimum absolute atomic E-state index is 0.469. The fraction of sp³-hybridized carbons (Fsp3) is 0.400. The Balaban J connectivity index is 1.56. The van der Waals surface area contributed by atoms with Crippen LogP contribution in [0.5, 0.6) is 0 Å². The van der Waals surface area contributed by atoms with E-state index in [2.05, 4.69) is 70.7 Å². The molecule has 0 amide bonds. The monoisotopic (exact) mass is 350 g/mol. The highest BCUT2D eigenvalue weighted by molar-refractivity contribution is 5.49. The maximum Gasteiger partial charge on any atom is 0.197 e. The van der Waals surface area contributed by atoms with Gasteiger partial charge in [0.15, 0.2) is 5.95 Å². The lowest BCUT2D eigenvalue weighted by atomic mass is 9.92. The molecule has 3 aromatic rings. The van der Waals surface area contributed by atoms with Crippen molar-refractivity contribution in [3.63, 3.8) is 0 Å². The Morgan fingerprint density at radius 2 is 1.88 bits per heavy atom. The van der Waals surface area contributed by atoms with E-state index >= 15 is 0 Å². The molecule has 6 nitrogen and oxygen atoms in total. The van der Waals surface area contributed by atoms with Crippen LogP contribution in [0.3, 0.4) is 0 Å². The topological polar surface area (TPSA) is 75.8 Å². The second kappa shape index (κ2) is 6.52. The van der Waals surface area contributed by atoms with Crippen LogP contribution in [0.4, 0.5) is 11.8 Å². The molecule has 0 unspecified atom stereocenters. The predicted octanol–water partition coefficient (Wildman–Crippen LogP) is 3.49. The number of anilines is 2. The Bertz CT molecular complexity index is 914. The van der Waals surface area contributed by atoms with Crippen molar-refractivity contribution < 1.29 is 0 Å². The van der Waals surface area contributed by atoms with Crippen LogP contribution < -0.4 is 10.6 Å². The molecule has 1 saturated heterocycles. The van der Waals surface area contributed by atoms with E-state index in [4.69, 9.17) is 10.8 Å². The van der Waals surface area contributed by atoms with Crippen LogP contribution in [0, 0.1) is 20.8 Å². The van der Waals surface area contributed by atoms with E-state index in [1.54, 1.807) is 0 Å². The maximum atomic E-state index is 5.81. The van der Waals surface area contributed by atoms with Crippen molar-refractivity contribution in [2.45, 2.75) is 39.5 Å². The highest BCUT2D eigenvalue weighted by Crippen LogP contribution is 2.32. The van der Waals surface area contributed by atoms with E-state index in [0.717, 1.165) is 48.7 Å². The Morgan fingerprint density at radius 3 is 2.54 bits per heavy atom. The second-order valence-electron chi connectivity index (χ2n) is 7.29. The summed E-state index contributed by atoms with van der Waals surface area (Å²) in [5.74, 6) is 2.16. The highest BCUT2D eigenvalue weighted by Gasteiger charge is 2.26. The Hall–Kier alpha value is -2.76. The Kier molecular flexibility index (Phi) is 4.18. The number of nitrogen functional groups attached to an aromatic ring is 1. The van der Waals surface area contributed by atoms with E-state index in [9.17, 15) is 0 Å². The van der Waals surface area contributed by atoms with Gasteiger partial charge in [0, 0.05) is 30.8 Å². The molecule has 1 aliphatic heterocycles. The van der Waals surface area contributed by atoms with Gasteiger partial charge in [0.25, 0.3) is 0 Å². The summed E-state index contributed by atoms with van der Waals surface area (Å²) in [6, 6.07) is 10.7. The first-order chi connectivity index (χ1) is 12.5. The largest absolute Gasteiger partial charge is 0.369 e. The quantitative estimate of drug-likeness (QED) is 0.758. The number of benzene rings is 1. The van der Waals surface area contributed by atoms with Crippen molar-refractivity contribution >= 4 is 11.8 Å². The van der Waals surface area contributed by atoms with Crippen LogP contribution in [0.15, 0.2) is 30.3 Å². The van der Waals surface area contributed by atoms with E-state index in [-0.39, 0.29) is 0 Å². The minimum Gasteiger partial charge on any atom is -0.369 e. The average Bonchev–Trinajstić information content (AvgIpc) is 3.17. The molecule has 26 heavy (non-hydrogen) atoms. The summed E-state index contributed by atoms with van der Waals surface area (Å²) in [5.41, 5.74) is 11.4. The number of rotatable bonds is 3. The SMILES string of the molecule is Cc1cccc(-n2nc(C)cc2N2CCC(c3nc(N)[nH]c3C)CC2)c1. The molecule has 6 heteroatoms. The first-order valence-electron chi connectivity index (χ1n) is 9.22. The summed E-state index contributed by atoms with van der Waals surface area (Å²) in [5, 5.41) is 4.73. The lowest BCUT2D eigenvalue weighted by molar-refractivity contribution is 0.490. The number of hydrogen-bond donors (Lipinski definition) is 2. The van der Waals surface area contributed by atoms with Crippen molar-refractivity contribution in [2.75, 3.05) is 23.7 Å². The van der Waals surface area contributed by atoms with Crippen molar-refractivity contribution in [2.24, 2.45) is 0 Å². The second-order valence-corrected chi connectivity index (χ2v) is 7.29. The molecular weight excluding hydrogens is 324 g/mol. The van der Waals surface area contributed by atoms with E-state index in [1.807, 2.05) is 0 Å². The number of nitrogens with two attached hydrogens (primary N) is 1. The minimum atomic E-state index is 0.469. The van der Waals surface area contributed by atoms with Crippen LogP contribution >= 0.6 is 0 Å². The first-order valence-corrected chi connectivity index (χ1v) is 9.22. The van der Waals surface area contributed by atoms with E-state index < -0.39 is 0 Å². The molecule has 1 aromatic carbocycles. The van der Waals surface area contributed by atoms with Gasteiger partial charge in [-0.15, -0.1) is 0 Å². The molecular formula is C20H26N6. The molecule has 4 rings (SSSR count). The number of aromatic amines is 1. The third-order valence-electron chi connectivity index (χ3n) is 5.21. The third-order valence-corrected chi connectivity index (χ3v) is 5.21. The molecule has 0 bridgehead atoms. The van der Waals surface area contributed by atoms with Crippen LogP contribution in [0.25, 0.3) is 5.69 Å². The highest BCUT2D eigenvalue weighted by atomic mass is 15.4. The molecule has 3 N–H and O–H groups in total. The average molecular weight is 350 g/mol. The number of hydrogen-bond acceptors (Lipinski definition) is 4. The molecule has 0 spiro atoms. The zero-order valence-corrected chi connectivity index (χ0v) is 15.7. The number of aromatic nitrogens is 4. The van der Waals surface area contributed by atoms with Crippen molar-refractivity contribution in [3.05, 3.63) is 53.0 Å². The van der Waals surface area contributed by atoms with Gasteiger partial charge in [-0.05, 0) is 51.3 Å². The summed E-state index contributed by atoms with van der Waals surface area (Å²) >= 11 is 0. The van der Waals surface area contributed by atoms with Gasteiger partial charge in [-0.25, -0.2) is 9.67 Å². The van der Waals surface area contributed by atoms with Gasteiger partial charge in [-0.2, -0.15) is 5.10 Å². The summed E-state index contributed by atoms with van der Waals surface area (Å²) < 4.78 is 2.07. The smallest absolute Gasteiger partial charge is 0.197 e. The molecule has 1 aliphatic rings. The molecule has 1 fully saturated rings. The molecule has 0 radical (unpaired) electrons. The van der Waals surface area contributed by atoms with E-state index in [1.165, 1.54) is 11.4 Å². The maximum absolute atomic E-state index is 5.81. The fourth-order valence-electron chi connectivity index (χ4n) is 3.94. The summed E-state index contributed by atoms with van der Waals surface area (Å²) in [4.78, 5) is 10.1. The summed E-state index contributed by atoms with van der Waals surface area (Å²) in [7, 11) is 0. The molecule has 2 aromatic heterocycles. The Morgan fingerprint density at radius 1 is 1.12 bits per heavy atom. The van der Waals surface area contributed by atoms with Gasteiger partial charge in [-0.1, -0.05) is 12.1 Å². The van der Waals surface area contributed by atoms with Crippen molar-refractivity contribution in [1.29, 1.82) is 0 Å². The zero-order valence-electron chi connectivity index (χ0n) is 15.7. The lowest BCUT2D eigenvalue weighted by Crippen LogP contribution is -2.34.